The molecule has 2 aliphatic rings. The Kier molecular flexibility index (Phi) is 2.77. The highest BCUT2D eigenvalue weighted by molar-refractivity contribution is 5.33. The molecule has 18 heavy (non-hydrogen) atoms. The summed E-state index contributed by atoms with van der Waals surface area (Å²) in [5.74, 6) is 0.719. The molecule has 2 saturated carbocycles. The highest BCUT2D eigenvalue weighted by Gasteiger charge is 2.48. The van der Waals surface area contributed by atoms with Gasteiger partial charge in [-0.3, -0.25) is 0 Å². The molecule has 3 rings (SSSR count). The van der Waals surface area contributed by atoms with Gasteiger partial charge in [0.25, 0.3) is 0 Å². The fourth-order valence-electron chi connectivity index (χ4n) is 3.29. The minimum Gasteiger partial charge on any atom is -0.497 e. The Balaban J connectivity index is 1.86. The van der Waals surface area contributed by atoms with Gasteiger partial charge in [-0.2, -0.15) is 0 Å². The molecule has 0 spiro atoms. The third-order valence-electron chi connectivity index (χ3n) is 4.41. The van der Waals surface area contributed by atoms with Crippen LogP contribution in [0.25, 0.3) is 0 Å². The molecule has 2 aliphatic carbocycles. The molecule has 0 saturated heterocycles. The van der Waals surface area contributed by atoms with E-state index >= 15 is 0 Å². The lowest BCUT2D eigenvalue weighted by molar-refractivity contribution is 0.372. The van der Waals surface area contributed by atoms with Gasteiger partial charge in [0, 0.05) is 23.7 Å². The van der Waals surface area contributed by atoms with Crippen LogP contribution < -0.4 is 10.5 Å². The molecule has 0 amide bonds. The van der Waals surface area contributed by atoms with E-state index in [1.54, 1.807) is 0 Å². The third-order valence-corrected chi connectivity index (χ3v) is 4.41. The molecule has 0 aliphatic heterocycles. The SMILES string of the molecule is COc1cc(F)c(C(N)C2CC3CC3C2)c(F)c1. The quantitative estimate of drug-likeness (QED) is 0.898. The highest BCUT2D eigenvalue weighted by atomic mass is 19.1. The van der Waals surface area contributed by atoms with E-state index in [2.05, 4.69) is 0 Å². The molecule has 3 atom stereocenters. The fraction of sp³-hybridized carbons (Fsp3) is 0.571. The van der Waals surface area contributed by atoms with E-state index in [4.69, 9.17) is 10.5 Å². The first-order valence-electron chi connectivity index (χ1n) is 6.38. The molecule has 3 unspecified atom stereocenters. The predicted molar refractivity (Wildman–Crippen MR) is 64.2 cm³/mol. The summed E-state index contributed by atoms with van der Waals surface area (Å²) in [4.78, 5) is 0. The van der Waals surface area contributed by atoms with E-state index in [0.29, 0.717) is 0 Å². The van der Waals surface area contributed by atoms with Crippen LogP contribution in [0.2, 0.25) is 0 Å². The average molecular weight is 253 g/mol. The van der Waals surface area contributed by atoms with Crippen molar-refractivity contribution in [2.24, 2.45) is 23.5 Å². The van der Waals surface area contributed by atoms with Crippen molar-refractivity contribution in [1.29, 1.82) is 0 Å². The average Bonchev–Trinajstić information content (AvgIpc) is 2.95. The van der Waals surface area contributed by atoms with Crippen LogP contribution in [0.3, 0.4) is 0 Å². The van der Waals surface area contributed by atoms with Crippen LogP contribution in [0.4, 0.5) is 8.78 Å². The normalized spacial score (nSPS) is 31.0. The Bertz CT molecular complexity index is 444. The molecule has 1 aromatic carbocycles. The van der Waals surface area contributed by atoms with E-state index in [0.717, 1.165) is 24.7 Å². The Labute approximate surface area is 105 Å². The molecule has 2 N–H and O–H groups in total. The van der Waals surface area contributed by atoms with Crippen molar-refractivity contribution in [3.05, 3.63) is 29.3 Å². The first kappa shape index (κ1) is 11.9. The maximum absolute atomic E-state index is 13.9. The minimum atomic E-state index is -0.597. The number of benzene rings is 1. The fourth-order valence-corrected chi connectivity index (χ4v) is 3.29. The second-order valence-electron chi connectivity index (χ2n) is 5.52. The summed E-state index contributed by atoms with van der Waals surface area (Å²) in [6.45, 7) is 0. The standard InChI is InChI=1S/C14H17F2NO/c1-18-10-5-11(15)13(12(16)6-10)14(17)9-3-7-2-8(7)4-9/h5-9,14H,2-4,17H2,1H3. The van der Waals surface area contributed by atoms with Crippen LogP contribution in [0.5, 0.6) is 5.75 Å². The second-order valence-corrected chi connectivity index (χ2v) is 5.52. The van der Waals surface area contributed by atoms with Crippen LogP contribution in [0, 0.1) is 29.4 Å². The minimum absolute atomic E-state index is 0.0158. The molecular formula is C14H17F2NO. The van der Waals surface area contributed by atoms with Crippen LogP contribution in [0.15, 0.2) is 12.1 Å². The van der Waals surface area contributed by atoms with Gasteiger partial charge < -0.3 is 10.5 Å². The largest absolute Gasteiger partial charge is 0.497 e. The number of hydrogen-bond acceptors (Lipinski definition) is 2. The van der Waals surface area contributed by atoms with E-state index in [1.807, 2.05) is 0 Å². The van der Waals surface area contributed by atoms with Gasteiger partial charge in [0.2, 0.25) is 0 Å². The van der Waals surface area contributed by atoms with Crippen LogP contribution in [0.1, 0.15) is 30.9 Å². The number of nitrogens with two attached hydrogens (primary N) is 1. The van der Waals surface area contributed by atoms with Crippen molar-refractivity contribution in [1.82, 2.24) is 0 Å². The lowest BCUT2D eigenvalue weighted by Crippen LogP contribution is -2.23. The van der Waals surface area contributed by atoms with Gasteiger partial charge in [0.15, 0.2) is 0 Å². The van der Waals surface area contributed by atoms with Crippen LogP contribution in [-0.4, -0.2) is 7.11 Å². The summed E-state index contributed by atoms with van der Waals surface area (Å²) in [6.07, 6.45) is 3.30. The van der Waals surface area contributed by atoms with Crippen LogP contribution >= 0.6 is 0 Å². The number of fused-ring (bicyclic) bond motifs is 1. The third kappa shape index (κ3) is 1.88. The Morgan fingerprint density at radius 1 is 1.17 bits per heavy atom. The Hall–Kier alpha value is -1.16. The zero-order valence-electron chi connectivity index (χ0n) is 10.3. The van der Waals surface area contributed by atoms with Gasteiger partial charge in [0.1, 0.15) is 17.4 Å². The first-order valence-corrected chi connectivity index (χ1v) is 6.38. The van der Waals surface area contributed by atoms with Crippen molar-refractivity contribution in [3.63, 3.8) is 0 Å². The lowest BCUT2D eigenvalue weighted by atomic mass is 9.89. The van der Waals surface area contributed by atoms with Gasteiger partial charge in [-0.1, -0.05) is 0 Å². The van der Waals surface area contributed by atoms with Gasteiger partial charge >= 0.3 is 0 Å². The van der Waals surface area contributed by atoms with Crippen LogP contribution in [-0.2, 0) is 0 Å². The van der Waals surface area contributed by atoms with Crippen molar-refractivity contribution >= 4 is 0 Å². The van der Waals surface area contributed by atoms with Crippen molar-refractivity contribution < 1.29 is 13.5 Å². The van der Waals surface area contributed by atoms with Gasteiger partial charge in [0.05, 0.1) is 7.11 Å². The smallest absolute Gasteiger partial charge is 0.134 e. The van der Waals surface area contributed by atoms with E-state index in [1.165, 1.54) is 25.7 Å². The van der Waals surface area contributed by atoms with Crippen molar-refractivity contribution in [3.8, 4) is 5.75 Å². The summed E-state index contributed by atoms with van der Waals surface area (Å²) in [6, 6.07) is 1.87. The van der Waals surface area contributed by atoms with E-state index in [9.17, 15) is 8.78 Å². The number of methoxy groups -OCH3 is 1. The summed E-state index contributed by atoms with van der Waals surface area (Å²) in [5, 5.41) is 0. The molecule has 0 bridgehead atoms. The highest BCUT2D eigenvalue weighted by Crippen LogP contribution is 2.57. The summed E-state index contributed by atoms with van der Waals surface area (Å²) < 4.78 is 32.7. The first-order chi connectivity index (χ1) is 8.60. The summed E-state index contributed by atoms with van der Waals surface area (Å²) >= 11 is 0. The number of hydrogen-bond donors (Lipinski definition) is 1. The van der Waals surface area contributed by atoms with Gasteiger partial charge in [-0.05, 0) is 37.0 Å². The molecule has 0 heterocycles. The van der Waals surface area contributed by atoms with E-state index < -0.39 is 17.7 Å². The van der Waals surface area contributed by atoms with Crippen molar-refractivity contribution in [2.45, 2.75) is 25.3 Å². The lowest BCUT2D eigenvalue weighted by Gasteiger charge is -2.22. The van der Waals surface area contributed by atoms with Gasteiger partial charge in [-0.25, -0.2) is 8.78 Å². The predicted octanol–water partition coefficient (Wildman–Crippen LogP) is 3.02. The maximum Gasteiger partial charge on any atom is 0.134 e. The zero-order chi connectivity index (χ0) is 12.9. The summed E-state index contributed by atoms with van der Waals surface area (Å²) in [7, 11) is 1.39. The number of rotatable bonds is 3. The number of halogens is 2. The molecule has 0 radical (unpaired) electrons. The monoisotopic (exact) mass is 253 g/mol. The molecular weight excluding hydrogens is 236 g/mol. The topological polar surface area (TPSA) is 35.2 Å². The molecule has 2 nitrogen and oxygen atoms in total. The second kappa shape index (κ2) is 4.19. The Morgan fingerprint density at radius 2 is 1.72 bits per heavy atom. The van der Waals surface area contributed by atoms with Gasteiger partial charge in [-0.15, -0.1) is 0 Å². The number of ether oxygens (including phenoxy) is 1. The zero-order valence-corrected chi connectivity index (χ0v) is 10.3. The summed E-state index contributed by atoms with van der Waals surface area (Å²) in [5.41, 5.74) is 6.07. The maximum atomic E-state index is 13.9. The molecule has 1 aromatic rings. The molecule has 0 aromatic heterocycles. The Morgan fingerprint density at radius 3 is 2.22 bits per heavy atom. The molecule has 98 valence electrons. The van der Waals surface area contributed by atoms with Crippen molar-refractivity contribution in [2.75, 3.05) is 7.11 Å². The molecule has 4 heteroatoms. The van der Waals surface area contributed by atoms with E-state index in [-0.39, 0.29) is 17.2 Å². The molecule has 2 fully saturated rings.